The molecule has 0 spiro atoms. The first-order valence-electron chi connectivity index (χ1n) is 4.98. The summed E-state index contributed by atoms with van der Waals surface area (Å²) in [5.41, 5.74) is 0.889. The molecule has 0 unspecified atom stereocenters. The van der Waals surface area contributed by atoms with Crippen molar-refractivity contribution in [1.82, 2.24) is 5.32 Å². The number of benzene rings is 1. The molecule has 1 rings (SSSR count). The van der Waals surface area contributed by atoms with Crippen LogP contribution in [0.15, 0.2) is 34.8 Å². The Bertz CT molecular complexity index is 435. The summed E-state index contributed by atoms with van der Waals surface area (Å²) in [5.74, 6) is 0.285. The monoisotopic (exact) mass is 317 g/mol. The van der Waals surface area contributed by atoms with Crippen LogP contribution in [0.2, 0.25) is 5.02 Å². The highest BCUT2D eigenvalue weighted by atomic mass is 79.9. The van der Waals surface area contributed by atoms with Gasteiger partial charge in [0.05, 0.1) is 5.02 Å². The molecule has 17 heavy (non-hydrogen) atoms. The summed E-state index contributed by atoms with van der Waals surface area (Å²) in [7, 11) is 0. The van der Waals surface area contributed by atoms with Crippen molar-refractivity contribution in [2.24, 2.45) is 0 Å². The van der Waals surface area contributed by atoms with E-state index in [0.29, 0.717) is 17.3 Å². The van der Waals surface area contributed by atoms with Gasteiger partial charge in [-0.15, -0.1) is 0 Å². The molecule has 0 saturated carbocycles. The van der Waals surface area contributed by atoms with E-state index in [4.69, 9.17) is 16.3 Å². The average molecular weight is 319 g/mol. The van der Waals surface area contributed by atoms with Crippen molar-refractivity contribution in [3.8, 4) is 5.75 Å². The normalized spacial score (nSPS) is 9.82. The van der Waals surface area contributed by atoms with Crippen molar-refractivity contribution < 1.29 is 9.53 Å². The summed E-state index contributed by atoms with van der Waals surface area (Å²) in [6, 6.07) is 5.22. The second-order valence-electron chi connectivity index (χ2n) is 3.60. The van der Waals surface area contributed by atoms with Crippen LogP contribution >= 0.6 is 27.5 Å². The zero-order valence-electron chi connectivity index (χ0n) is 9.43. The SMILES string of the molecule is C=C(C)CNC(=O)COc1ccc(Br)cc1Cl. The first-order valence-corrected chi connectivity index (χ1v) is 6.15. The third kappa shape index (κ3) is 5.24. The zero-order chi connectivity index (χ0) is 12.8. The molecule has 5 heteroatoms. The van der Waals surface area contributed by atoms with Gasteiger partial charge in [-0.2, -0.15) is 0 Å². The summed E-state index contributed by atoms with van der Waals surface area (Å²) in [6.07, 6.45) is 0. The van der Waals surface area contributed by atoms with Crippen molar-refractivity contribution in [3.63, 3.8) is 0 Å². The van der Waals surface area contributed by atoms with Gasteiger partial charge < -0.3 is 10.1 Å². The number of amides is 1. The number of carbonyl (C=O) groups excluding carboxylic acids is 1. The highest BCUT2D eigenvalue weighted by molar-refractivity contribution is 9.10. The summed E-state index contributed by atoms with van der Waals surface area (Å²) >= 11 is 9.23. The highest BCUT2D eigenvalue weighted by Gasteiger charge is 2.05. The molecule has 0 saturated heterocycles. The van der Waals surface area contributed by atoms with Gasteiger partial charge in [0, 0.05) is 11.0 Å². The van der Waals surface area contributed by atoms with Crippen LogP contribution in [0.1, 0.15) is 6.92 Å². The second-order valence-corrected chi connectivity index (χ2v) is 4.92. The first kappa shape index (κ1) is 14.1. The van der Waals surface area contributed by atoms with Gasteiger partial charge in [0.1, 0.15) is 5.75 Å². The van der Waals surface area contributed by atoms with Crippen molar-refractivity contribution in [2.75, 3.05) is 13.2 Å². The van der Waals surface area contributed by atoms with E-state index < -0.39 is 0 Å². The Kier molecular flexibility index (Phi) is 5.51. The van der Waals surface area contributed by atoms with Gasteiger partial charge >= 0.3 is 0 Å². The molecule has 0 aromatic heterocycles. The minimum atomic E-state index is -0.202. The molecule has 1 aromatic carbocycles. The molecular formula is C12H13BrClNO2. The Morgan fingerprint density at radius 1 is 1.59 bits per heavy atom. The van der Waals surface area contributed by atoms with Gasteiger partial charge in [-0.05, 0) is 25.1 Å². The number of nitrogens with one attached hydrogen (secondary N) is 1. The van der Waals surface area contributed by atoms with E-state index in [0.717, 1.165) is 10.0 Å². The molecule has 0 fully saturated rings. The van der Waals surface area contributed by atoms with E-state index >= 15 is 0 Å². The molecule has 0 radical (unpaired) electrons. The van der Waals surface area contributed by atoms with Crippen molar-refractivity contribution in [3.05, 3.63) is 39.8 Å². The van der Waals surface area contributed by atoms with Crippen molar-refractivity contribution in [1.29, 1.82) is 0 Å². The topological polar surface area (TPSA) is 38.3 Å². The second kappa shape index (κ2) is 6.67. The van der Waals surface area contributed by atoms with Gasteiger partial charge in [0.25, 0.3) is 5.91 Å². The number of rotatable bonds is 5. The Hall–Kier alpha value is -1.000. The minimum Gasteiger partial charge on any atom is -0.482 e. The number of carbonyl (C=O) groups is 1. The molecule has 0 atom stereocenters. The van der Waals surface area contributed by atoms with Crippen LogP contribution < -0.4 is 10.1 Å². The lowest BCUT2D eigenvalue weighted by molar-refractivity contribution is -0.122. The standard InChI is InChI=1S/C12H13BrClNO2/c1-8(2)6-15-12(16)7-17-11-4-3-9(13)5-10(11)14/h3-5H,1,6-7H2,2H3,(H,15,16). The molecule has 0 heterocycles. The lowest BCUT2D eigenvalue weighted by Gasteiger charge is -2.08. The number of hydrogen-bond acceptors (Lipinski definition) is 2. The van der Waals surface area contributed by atoms with Crippen LogP contribution in [-0.2, 0) is 4.79 Å². The fraction of sp³-hybridized carbons (Fsp3) is 0.250. The predicted octanol–water partition coefficient (Wildman–Crippen LogP) is 3.17. The lowest BCUT2D eigenvalue weighted by Crippen LogP contribution is -2.30. The third-order valence-electron chi connectivity index (χ3n) is 1.84. The van der Waals surface area contributed by atoms with Crippen LogP contribution in [0, 0.1) is 0 Å². The maximum Gasteiger partial charge on any atom is 0.258 e. The van der Waals surface area contributed by atoms with E-state index in [1.165, 1.54) is 0 Å². The van der Waals surface area contributed by atoms with Crippen LogP contribution in [0.5, 0.6) is 5.75 Å². The molecule has 1 N–H and O–H groups in total. The van der Waals surface area contributed by atoms with E-state index in [2.05, 4.69) is 27.8 Å². The van der Waals surface area contributed by atoms with Crippen molar-refractivity contribution in [2.45, 2.75) is 6.92 Å². The van der Waals surface area contributed by atoms with Gasteiger partial charge in [-0.3, -0.25) is 4.79 Å². The molecule has 0 bridgehead atoms. The number of ether oxygens (including phenoxy) is 1. The maximum atomic E-state index is 11.4. The first-order chi connectivity index (χ1) is 7.99. The smallest absolute Gasteiger partial charge is 0.258 e. The van der Waals surface area contributed by atoms with E-state index in [9.17, 15) is 4.79 Å². The predicted molar refractivity (Wildman–Crippen MR) is 72.5 cm³/mol. The average Bonchev–Trinajstić information content (AvgIpc) is 2.25. The molecule has 3 nitrogen and oxygen atoms in total. The van der Waals surface area contributed by atoms with Gasteiger partial charge in [-0.25, -0.2) is 0 Å². The van der Waals surface area contributed by atoms with E-state index in [1.54, 1.807) is 18.2 Å². The fourth-order valence-electron chi connectivity index (χ4n) is 1.04. The van der Waals surface area contributed by atoms with Crippen LogP contribution in [0.3, 0.4) is 0 Å². The summed E-state index contributed by atoms with van der Waals surface area (Å²) < 4.78 is 6.15. The quantitative estimate of drug-likeness (QED) is 0.847. The Morgan fingerprint density at radius 2 is 2.29 bits per heavy atom. The molecule has 0 aliphatic heterocycles. The maximum absolute atomic E-state index is 11.4. The third-order valence-corrected chi connectivity index (χ3v) is 2.63. The van der Waals surface area contributed by atoms with Crippen LogP contribution in [0.25, 0.3) is 0 Å². The molecular weight excluding hydrogens is 305 g/mol. The van der Waals surface area contributed by atoms with E-state index in [1.807, 2.05) is 6.92 Å². The Labute approximate surface area is 114 Å². The Morgan fingerprint density at radius 3 is 2.88 bits per heavy atom. The minimum absolute atomic E-state index is 0.0609. The number of hydrogen-bond donors (Lipinski definition) is 1. The zero-order valence-corrected chi connectivity index (χ0v) is 11.8. The molecule has 0 aliphatic carbocycles. The summed E-state index contributed by atoms with van der Waals surface area (Å²) in [6.45, 7) is 5.92. The van der Waals surface area contributed by atoms with Crippen LogP contribution in [-0.4, -0.2) is 19.1 Å². The van der Waals surface area contributed by atoms with Gasteiger partial charge in [0.15, 0.2) is 6.61 Å². The molecule has 92 valence electrons. The largest absolute Gasteiger partial charge is 0.482 e. The Balaban J connectivity index is 2.44. The summed E-state index contributed by atoms with van der Waals surface area (Å²) in [4.78, 5) is 11.4. The van der Waals surface area contributed by atoms with Gasteiger partial charge in [-0.1, -0.05) is 39.7 Å². The van der Waals surface area contributed by atoms with Crippen LogP contribution in [0.4, 0.5) is 0 Å². The van der Waals surface area contributed by atoms with Crippen molar-refractivity contribution >= 4 is 33.4 Å². The fourth-order valence-corrected chi connectivity index (χ4v) is 1.76. The summed E-state index contributed by atoms with van der Waals surface area (Å²) in [5, 5.41) is 3.13. The highest BCUT2D eigenvalue weighted by Crippen LogP contribution is 2.27. The molecule has 1 amide bonds. The molecule has 1 aromatic rings. The van der Waals surface area contributed by atoms with Gasteiger partial charge in [0.2, 0.25) is 0 Å². The number of halogens is 2. The molecule has 0 aliphatic rings. The lowest BCUT2D eigenvalue weighted by atomic mass is 10.3. The van der Waals surface area contributed by atoms with E-state index in [-0.39, 0.29) is 12.5 Å².